The quantitative estimate of drug-likeness (QED) is 0.529. The van der Waals surface area contributed by atoms with Crippen LogP contribution in [0.5, 0.6) is 0 Å². The van der Waals surface area contributed by atoms with E-state index in [4.69, 9.17) is 0 Å². The second-order valence-corrected chi connectivity index (χ2v) is 6.38. The predicted molar refractivity (Wildman–Crippen MR) is 101 cm³/mol. The number of carbonyl (C=O) groups is 1. The molecule has 6 heteroatoms. The van der Waals surface area contributed by atoms with Crippen LogP contribution in [0.3, 0.4) is 0 Å². The standard InChI is InChI=1S/C20H19N5O/c1-12-7-16-17(8-13(12)2)25-19(24-16)15-5-3-14(4-6-15)9-22-20(26)18-10-21-11-23-18/h3-8,10-11H,9H2,1-2H3,(H,21,23)(H,22,26)(H,24,25). The summed E-state index contributed by atoms with van der Waals surface area (Å²) in [5, 5.41) is 2.86. The number of amides is 1. The Balaban J connectivity index is 1.50. The van der Waals surface area contributed by atoms with Crippen LogP contribution in [-0.2, 0) is 6.54 Å². The number of nitrogens with zero attached hydrogens (tertiary/aromatic N) is 2. The Morgan fingerprint density at radius 1 is 1.12 bits per heavy atom. The van der Waals surface area contributed by atoms with Crippen molar-refractivity contribution in [3.63, 3.8) is 0 Å². The van der Waals surface area contributed by atoms with Crippen LogP contribution in [0.4, 0.5) is 0 Å². The van der Waals surface area contributed by atoms with E-state index in [1.54, 1.807) is 0 Å². The lowest BCUT2D eigenvalue weighted by Gasteiger charge is -2.04. The zero-order valence-corrected chi connectivity index (χ0v) is 14.6. The summed E-state index contributed by atoms with van der Waals surface area (Å²) in [5.41, 5.74) is 6.98. The first-order valence-corrected chi connectivity index (χ1v) is 8.43. The van der Waals surface area contributed by atoms with Crippen LogP contribution in [0.2, 0.25) is 0 Å². The van der Waals surface area contributed by atoms with Gasteiger partial charge in [0, 0.05) is 12.1 Å². The number of benzene rings is 2. The minimum absolute atomic E-state index is 0.172. The first kappa shape index (κ1) is 16.1. The molecule has 0 aliphatic carbocycles. The van der Waals surface area contributed by atoms with Crippen molar-refractivity contribution in [1.82, 2.24) is 25.3 Å². The fraction of sp³-hybridized carbons (Fsp3) is 0.150. The molecule has 0 saturated carbocycles. The van der Waals surface area contributed by atoms with Crippen LogP contribution in [-0.4, -0.2) is 25.8 Å². The van der Waals surface area contributed by atoms with Crippen LogP contribution >= 0.6 is 0 Å². The van der Waals surface area contributed by atoms with Gasteiger partial charge in [0.1, 0.15) is 11.5 Å². The molecule has 6 nitrogen and oxygen atoms in total. The van der Waals surface area contributed by atoms with E-state index in [-0.39, 0.29) is 5.91 Å². The van der Waals surface area contributed by atoms with Crippen molar-refractivity contribution < 1.29 is 4.79 Å². The van der Waals surface area contributed by atoms with Crippen LogP contribution in [0.1, 0.15) is 27.2 Å². The van der Waals surface area contributed by atoms with Gasteiger partial charge in [-0.05, 0) is 42.7 Å². The SMILES string of the molecule is Cc1cc2nc(-c3ccc(CNC(=O)c4cnc[nH]4)cc3)[nH]c2cc1C. The summed E-state index contributed by atoms with van der Waals surface area (Å²) in [5.74, 6) is 0.674. The Kier molecular flexibility index (Phi) is 4.01. The number of hydrogen-bond donors (Lipinski definition) is 3. The summed E-state index contributed by atoms with van der Waals surface area (Å²) in [6.07, 6.45) is 2.99. The molecule has 1 amide bonds. The minimum atomic E-state index is -0.172. The highest BCUT2D eigenvalue weighted by Crippen LogP contribution is 2.23. The molecule has 0 saturated heterocycles. The highest BCUT2D eigenvalue weighted by atomic mass is 16.1. The summed E-state index contributed by atoms with van der Waals surface area (Å²) in [4.78, 5) is 26.6. The van der Waals surface area contributed by atoms with Gasteiger partial charge in [-0.25, -0.2) is 9.97 Å². The Bertz CT molecular complexity index is 1020. The molecule has 4 rings (SSSR count). The van der Waals surface area contributed by atoms with E-state index < -0.39 is 0 Å². The largest absolute Gasteiger partial charge is 0.347 e. The molecule has 2 aromatic heterocycles. The van der Waals surface area contributed by atoms with Gasteiger partial charge in [-0.2, -0.15) is 0 Å². The minimum Gasteiger partial charge on any atom is -0.347 e. The van der Waals surface area contributed by atoms with Crippen LogP contribution in [0.25, 0.3) is 22.4 Å². The number of aryl methyl sites for hydroxylation is 2. The lowest BCUT2D eigenvalue weighted by molar-refractivity contribution is 0.0946. The molecule has 4 aromatic rings. The summed E-state index contributed by atoms with van der Waals surface area (Å²) in [6, 6.07) is 12.2. The van der Waals surface area contributed by atoms with Crippen molar-refractivity contribution >= 4 is 16.9 Å². The number of nitrogens with one attached hydrogen (secondary N) is 3. The number of hydrogen-bond acceptors (Lipinski definition) is 3. The van der Waals surface area contributed by atoms with Crippen molar-refractivity contribution in [2.24, 2.45) is 0 Å². The third kappa shape index (κ3) is 3.09. The van der Waals surface area contributed by atoms with Crippen LogP contribution in [0.15, 0.2) is 48.9 Å². The molecule has 2 heterocycles. The Morgan fingerprint density at radius 2 is 1.88 bits per heavy atom. The molecule has 0 spiro atoms. The number of imidazole rings is 2. The monoisotopic (exact) mass is 345 g/mol. The van der Waals surface area contributed by atoms with Crippen molar-refractivity contribution in [2.45, 2.75) is 20.4 Å². The van der Waals surface area contributed by atoms with Crippen molar-refractivity contribution in [2.75, 3.05) is 0 Å². The molecule has 0 radical (unpaired) electrons. The van der Waals surface area contributed by atoms with E-state index in [9.17, 15) is 4.79 Å². The maximum absolute atomic E-state index is 11.9. The van der Waals surface area contributed by atoms with Gasteiger partial charge in [-0.1, -0.05) is 24.3 Å². The second-order valence-electron chi connectivity index (χ2n) is 6.38. The van der Waals surface area contributed by atoms with Gasteiger partial charge < -0.3 is 15.3 Å². The Labute approximate surface area is 150 Å². The van der Waals surface area contributed by atoms with E-state index in [0.717, 1.165) is 28.0 Å². The van der Waals surface area contributed by atoms with E-state index >= 15 is 0 Å². The van der Waals surface area contributed by atoms with Gasteiger partial charge >= 0.3 is 0 Å². The lowest BCUT2D eigenvalue weighted by atomic mass is 10.1. The summed E-state index contributed by atoms with van der Waals surface area (Å²) in [7, 11) is 0. The molecule has 26 heavy (non-hydrogen) atoms. The molecular formula is C20H19N5O. The first-order valence-electron chi connectivity index (χ1n) is 8.43. The maximum Gasteiger partial charge on any atom is 0.269 e. The molecule has 0 fully saturated rings. The molecule has 0 bridgehead atoms. The fourth-order valence-electron chi connectivity index (χ4n) is 2.84. The average molecular weight is 345 g/mol. The van der Waals surface area contributed by atoms with Gasteiger partial charge in [0.15, 0.2) is 0 Å². The van der Waals surface area contributed by atoms with E-state index in [1.807, 2.05) is 24.3 Å². The molecule has 2 aromatic carbocycles. The van der Waals surface area contributed by atoms with Crippen molar-refractivity contribution in [3.05, 3.63) is 71.3 Å². The molecular weight excluding hydrogens is 326 g/mol. The van der Waals surface area contributed by atoms with Gasteiger partial charge in [0.2, 0.25) is 0 Å². The average Bonchev–Trinajstić information content (AvgIpc) is 3.30. The maximum atomic E-state index is 11.9. The third-order valence-electron chi connectivity index (χ3n) is 4.52. The van der Waals surface area contributed by atoms with Crippen molar-refractivity contribution in [3.8, 4) is 11.4 Å². The first-order chi connectivity index (χ1) is 12.6. The van der Waals surface area contributed by atoms with E-state index in [1.165, 1.54) is 23.7 Å². The third-order valence-corrected chi connectivity index (χ3v) is 4.52. The number of H-pyrrole nitrogens is 2. The summed E-state index contributed by atoms with van der Waals surface area (Å²) in [6.45, 7) is 4.65. The number of rotatable bonds is 4. The second kappa shape index (κ2) is 6.48. The molecule has 0 unspecified atom stereocenters. The predicted octanol–water partition coefficient (Wildman–Crippen LogP) is 3.50. The summed E-state index contributed by atoms with van der Waals surface area (Å²) >= 11 is 0. The zero-order chi connectivity index (χ0) is 18.1. The van der Waals surface area contributed by atoms with Crippen molar-refractivity contribution in [1.29, 1.82) is 0 Å². The Morgan fingerprint density at radius 3 is 2.62 bits per heavy atom. The topological polar surface area (TPSA) is 86.5 Å². The Hall–Kier alpha value is -3.41. The van der Waals surface area contributed by atoms with E-state index in [0.29, 0.717) is 12.2 Å². The number of aromatic amines is 2. The van der Waals surface area contributed by atoms with Gasteiger partial charge in [-0.15, -0.1) is 0 Å². The highest BCUT2D eigenvalue weighted by Gasteiger charge is 2.08. The molecule has 0 aliphatic heterocycles. The van der Waals surface area contributed by atoms with Gasteiger partial charge in [0.05, 0.1) is 23.6 Å². The molecule has 3 N–H and O–H groups in total. The number of carbonyl (C=O) groups excluding carboxylic acids is 1. The van der Waals surface area contributed by atoms with Gasteiger partial charge in [-0.3, -0.25) is 4.79 Å². The van der Waals surface area contributed by atoms with E-state index in [2.05, 4.69) is 51.2 Å². The smallest absolute Gasteiger partial charge is 0.269 e. The normalized spacial score (nSPS) is 11.0. The number of aromatic nitrogens is 4. The van der Waals surface area contributed by atoms with Crippen LogP contribution < -0.4 is 5.32 Å². The highest BCUT2D eigenvalue weighted by molar-refractivity contribution is 5.91. The fourth-order valence-corrected chi connectivity index (χ4v) is 2.84. The number of fused-ring (bicyclic) bond motifs is 1. The summed E-state index contributed by atoms with van der Waals surface area (Å²) < 4.78 is 0. The molecule has 0 aliphatic rings. The molecule has 0 atom stereocenters. The zero-order valence-electron chi connectivity index (χ0n) is 14.6. The van der Waals surface area contributed by atoms with Crippen LogP contribution in [0, 0.1) is 13.8 Å². The van der Waals surface area contributed by atoms with Gasteiger partial charge in [0.25, 0.3) is 5.91 Å². The molecule has 130 valence electrons. The lowest BCUT2D eigenvalue weighted by Crippen LogP contribution is -2.22.